The van der Waals surface area contributed by atoms with Crippen molar-refractivity contribution in [3.63, 3.8) is 0 Å². The Bertz CT molecular complexity index is 373. The number of hydrogen-bond donors (Lipinski definition) is 2. The van der Waals surface area contributed by atoms with Crippen LogP contribution in [-0.2, 0) is 20.8 Å². The standard InChI is InChI=1S/C14H21NO4/c1-15-12-11(19-14(17-2)13(12)16)9-18-8-10-6-4-3-5-7-10/h3-7,11-16H,8-9H2,1-2H3/t11-,12+,13-,14+/m1/s1. The van der Waals surface area contributed by atoms with Crippen molar-refractivity contribution in [2.45, 2.75) is 31.1 Å². The van der Waals surface area contributed by atoms with Crippen LogP contribution < -0.4 is 5.32 Å². The molecule has 4 atom stereocenters. The molecule has 0 radical (unpaired) electrons. The van der Waals surface area contributed by atoms with E-state index in [0.29, 0.717) is 13.2 Å². The molecule has 0 spiro atoms. The molecule has 1 fully saturated rings. The van der Waals surface area contributed by atoms with Crippen LogP contribution in [-0.4, -0.2) is 50.4 Å². The first-order chi connectivity index (χ1) is 9.26. The number of aliphatic hydroxyl groups excluding tert-OH is 1. The van der Waals surface area contributed by atoms with Gasteiger partial charge in [-0.3, -0.25) is 0 Å². The fourth-order valence-corrected chi connectivity index (χ4v) is 2.29. The van der Waals surface area contributed by atoms with Gasteiger partial charge in [0.05, 0.1) is 19.3 Å². The Hall–Kier alpha value is -0.980. The zero-order valence-electron chi connectivity index (χ0n) is 11.3. The van der Waals surface area contributed by atoms with E-state index in [1.165, 1.54) is 7.11 Å². The van der Waals surface area contributed by atoms with Crippen LogP contribution in [0.15, 0.2) is 30.3 Å². The van der Waals surface area contributed by atoms with E-state index in [9.17, 15) is 5.11 Å². The van der Waals surface area contributed by atoms with Crippen LogP contribution >= 0.6 is 0 Å². The lowest BCUT2D eigenvalue weighted by atomic mass is 10.1. The highest BCUT2D eigenvalue weighted by molar-refractivity contribution is 5.13. The second kappa shape index (κ2) is 6.98. The average molecular weight is 267 g/mol. The maximum atomic E-state index is 9.97. The van der Waals surface area contributed by atoms with Gasteiger partial charge < -0.3 is 24.6 Å². The van der Waals surface area contributed by atoms with Crippen LogP contribution in [0.1, 0.15) is 5.56 Å². The zero-order valence-corrected chi connectivity index (χ0v) is 11.3. The molecule has 2 rings (SSSR count). The Labute approximate surface area is 113 Å². The molecule has 1 heterocycles. The van der Waals surface area contributed by atoms with E-state index in [2.05, 4.69) is 5.32 Å². The summed E-state index contributed by atoms with van der Waals surface area (Å²) < 4.78 is 16.3. The second-order valence-electron chi connectivity index (χ2n) is 4.58. The summed E-state index contributed by atoms with van der Waals surface area (Å²) in [7, 11) is 3.31. The largest absolute Gasteiger partial charge is 0.386 e. The summed E-state index contributed by atoms with van der Waals surface area (Å²) in [5.74, 6) is 0. The fraction of sp³-hybridized carbons (Fsp3) is 0.571. The maximum Gasteiger partial charge on any atom is 0.185 e. The minimum absolute atomic E-state index is 0.180. The van der Waals surface area contributed by atoms with Crippen LogP contribution in [0.4, 0.5) is 0 Å². The van der Waals surface area contributed by atoms with Crippen LogP contribution in [0.3, 0.4) is 0 Å². The second-order valence-corrected chi connectivity index (χ2v) is 4.58. The highest BCUT2D eigenvalue weighted by Gasteiger charge is 2.43. The molecule has 5 heteroatoms. The fourth-order valence-electron chi connectivity index (χ4n) is 2.29. The molecule has 0 saturated carbocycles. The molecule has 1 aliphatic heterocycles. The minimum atomic E-state index is -0.680. The molecule has 1 aliphatic rings. The number of likely N-dealkylation sites (N-methyl/N-ethyl adjacent to an activating group) is 1. The summed E-state index contributed by atoms with van der Waals surface area (Å²) in [5, 5.41) is 13.0. The molecule has 106 valence electrons. The van der Waals surface area contributed by atoms with Gasteiger partial charge in [0.25, 0.3) is 0 Å². The predicted octanol–water partition coefficient (Wildman–Crippen LogP) is 0.523. The van der Waals surface area contributed by atoms with Crippen LogP contribution in [0.2, 0.25) is 0 Å². The highest BCUT2D eigenvalue weighted by atomic mass is 16.7. The quantitative estimate of drug-likeness (QED) is 0.787. The van der Waals surface area contributed by atoms with E-state index < -0.39 is 12.4 Å². The van der Waals surface area contributed by atoms with Crippen LogP contribution in [0, 0.1) is 0 Å². The normalized spacial score (nSPS) is 30.7. The van der Waals surface area contributed by atoms with Gasteiger partial charge in [-0.25, -0.2) is 0 Å². The monoisotopic (exact) mass is 267 g/mol. The van der Waals surface area contributed by atoms with E-state index in [-0.39, 0.29) is 12.1 Å². The Morgan fingerprint density at radius 1 is 1.32 bits per heavy atom. The third-order valence-electron chi connectivity index (χ3n) is 3.32. The Balaban J connectivity index is 1.82. The Morgan fingerprint density at radius 2 is 2.05 bits per heavy atom. The summed E-state index contributed by atoms with van der Waals surface area (Å²) in [5.41, 5.74) is 1.12. The number of hydrogen-bond acceptors (Lipinski definition) is 5. The summed E-state index contributed by atoms with van der Waals surface area (Å²) in [4.78, 5) is 0. The topological polar surface area (TPSA) is 60.0 Å². The van der Waals surface area contributed by atoms with E-state index in [4.69, 9.17) is 14.2 Å². The lowest BCUT2D eigenvalue weighted by molar-refractivity contribution is -0.156. The summed E-state index contributed by atoms with van der Waals surface area (Å²) in [6.07, 6.45) is -1.49. The smallest absolute Gasteiger partial charge is 0.185 e. The zero-order chi connectivity index (χ0) is 13.7. The van der Waals surface area contributed by atoms with Crippen molar-refractivity contribution >= 4 is 0 Å². The number of methoxy groups -OCH3 is 1. The molecule has 2 N–H and O–H groups in total. The summed E-state index contributed by atoms with van der Waals surface area (Å²) >= 11 is 0. The van der Waals surface area contributed by atoms with Gasteiger partial charge in [-0.05, 0) is 12.6 Å². The van der Waals surface area contributed by atoms with Gasteiger partial charge >= 0.3 is 0 Å². The van der Waals surface area contributed by atoms with Gasteiger partial charge in [0.2, 0.25) is 0 Å². The van der Waals surface area contributed by atoms with Gasteiger partial charge in [-0.2, -0.15) is 0 Å². The molecule has 0 amide bonds. The van der Waals surface area contributed by atoms with Crippen molar-refractivity contribution in [3.8, 4) is 0 Å². The molecule has 5 nitrogen and oxygen atoms in total. The number of benzene rings is 1. The molecular formula is C14H21NO4. The molecule has 0 bridgehead atoms. The first-order valence-corrected chi connectivity index (χ1v) is 6.41. The highest BCUT2D eigenvalue weighted by Crippen LogP contribution is 2.22. The van der Waals surface area contributed by atoms with Gasteiger partial charge in [-0.1, -0.05) is 30.3 Å². The number of nitrogens with one attached hydrogen (secondary N) is 1. The molecule has 1 aromatic rings. The minimum Gasteiger partial charge on any atom is -0.386 e. The number of rotatable bonds is 6. The lowest BCUT2D eigenvalue weighted by Gasteiger charge is -2.19. The van der Waals surface area contributed by atoms with Crippen LogP contribution in [0.5, 0.6) is 0 Å². The van der Waals surface area contributed by atoms with Crippen molar-refractivity contribution in [2.24, 2.45) is 0 Å². The van der Waals surface area contributed by atoms with Gasteiger partial charge in [-0.15, -0.1) is 0 Å². The van der Waals surface area contributed by atoms with Crippen molar-refractivity contribution in [1.82, 2.24) is 5.32 Å². The Morgan fingerprint density at radius 3 is 2.68 bits per heavy atom. The first-order valence-electron chi connectivity index (χ1n) is 6.41. The van der Waals surface area contributed by atoms with Crippen molar-refractivity contribution in [3.05, 3.63) is 35.9 Å². The molecule has 19 heavy (non-hydrogen) atoms. The van der Waals surface area contributed by atoms with Gasteiger partial charge in [0, 0.05) is 7.11 Å². The third-order valence-corrected chi connectivity index (χ3v) is 3.32. The predicted molar refractivity (Wildman–Crippen MR) is 70.6 cm³/mol. The third kappa shape index (κ3) is 3.52. The van der Waals surface area contributed by atoms with Crippen LogP contribution in [0.25, 0.3) is 0 Å². The molecular weight excluding hydrogens is 246 g/mol. The number of aliphatic hydroxyl groups is 1. The van der Waals surface area contributed by atoms with E-state index in [1.54, 1.807) is 7.05 Å². The molecule has 1 aromatic carbocycles. The maximum absolute atomic E-state index is 9.97. The SMILES string of the molecule is CN[C@@H]1[C@@H](O)[C@@H](OC)O[C@@H]1COCc1ccccc1. The van der Waals surface area contributed by atoms with Crippen molar-refractivity contribution < 1.29 is 19.3 Å². The average Bonchev–Trinajstić information content (AvgIpc) is 2.75. The summed E-state index contributed by atoms with van der Waals surface area (Å²) in [6.45, 7) is 0.947. The molecule has 1 saturated heterocycles. The molecule has 0 aromatic heterocycles. The Kier molecular flexibility index (Phi) is 5.30. The molecule has 0 unspecified atom stereocenters. The summed E-state index contributed by atoms with van der Waals surface area (Å²) in [6, 6.07) is 9.77. The molecule has 0 aliphatic carbocycles. The first kappa shape index (κ1) is 14.4. The van der Waals surface area contributed by atoms with Crippen molar-refractivity contribution in [2.75, 3.05) is 20.8 Å². The van der Waals surface area contributed by atoms with E-state index in [1.807, 2.05) is 30.3 Å². The van der Waals surface area contributed by atoms with Gasteiger partial charge in [0.1, 0.15) is 12.2 Å². The lowest BCUT2D eigenvalue weighted by Crippen LogP contribution is -2.44. The number of ether oxygens (including phenoxy) is 3. The van der Waals surface area contributed by atoms with Crippen molar-refractivity contribution in [1.29, 1.82) is 0 Å². The van der Waals surface area contributed by atoms with Gasteiger partial charge in [0.15, 0.2) is 6.29 Å². The van der Waals surface area contributed by atoms with E-state index in [0.717, 1.165) is 5.56 Å². The van der Waals surface area contributed by atoms with E-state index >= 15 is 0 Å².